The topological polar surface area (TPSA) is 65.5 Å². The van der Waals surface area contributed by atoms with Gasteiger partial charge in [0.2, 0.25) is 5.91 Å². The molecular formula is C23H29N3O2. The molecule has 1 amide bonds. The van der Waals surface area contributed by atoms with Gasteiger partial charge in [-0.25, -0.2) is 0 Å². The molecule has 1 aliphatic rings. The summed E-state index contributed by atoms with van der Waals surface area (Å²) in [4.78, 5) is 18.5. The van der Waals surface area contributed by atoms with Gasteiger partial charge in [0.1, 0.15) is 0 Å². The summed E-state index contributed by atoms with van der Waals surface area (Å²) in [6.07, 6.45) is 6.35. The molecule has 1 saturated heterocycles. The third-order valence-electron chi connectivity index (χ3n) is 5.45. The number of carbonyl (C=O) groups excluding carboxylic acids is 1. The highest BCUT2D eigenvalue weighted by atomic mass is 16.3. The second-order valence-electron chi connectivity index (χ2n) is 7.16. The van der Waals surface area contributed by atoms with E-state index in [4.69, 9.17) is 0 Å². The van der Waals surface area contributed by atoms with Crippen LogP contribution in [0.3, 0.4) is 0 Å². The first-order chi connectivity index (χ1) is 13.7. The molecule has 1 aromatic heterocycles. The van der Waals surface area contributed by atoms with E-state index < -0.39 is 0 Å². The smallest absolute Gasteiger partial charge is 0.219 e. The van der Waals surface area contributed by atoms with E-state index in [1.807, 2.05) is 38.1 Å². The average molecular weight is 380 g/mol. The molecule has 0 unspecified atom stereocenters. The number of aliphatic hydroxyl groups excluding tert-OH is 1. The molecule has 0 bridgehead atoms. The van der Waals surface area contributed by atoms with Crippen LogP contribution in [-0.2, 0) is 11.3 Å². The van der Waals surface area contributed by atoms with E-state index in [9.17, 15) is 9.90 Å². The summed E-state index contributed by atoms with van der Waals surface area (Å²) in [5.41, 5.74) is 3.32. The highest BCUT2D eigenvalue weighted by Gasteiger charge is 2.48. The normalized spacial score (nSPS) is 22.2. The summed E-state index contributed by atoms with van der Waals surface area (Å²) in [6, 6.07) is 14.5. The Morgan fingerprint density at radius 1 is 1.21 bits per heavy atom. The van der Waals surface area contributed by atoms with E-state index in [1.165, 1.54) is 5.56 Å². The van der Waals surface area contributed by atoms with Gasteiger partial charge in [-0.3, -0.25) is 14.7 Å². The van der Waals surface area contributed by atoms with Gasteiger partial charge in [0, 0.05) is 43.7 Å². The van der Waals surface area contributed by atoms with Crippen molar-refractivity contribution in [3.8, 4) is 0 Å². The Hall–Kier alpha value is -2.50. The number of nitrogens with zero attached hydrogens (tertiary/aromatic N) is 2. The molecule has 1 aromatic carbocycles. The molecule has 0 saturated carbocycles. The van der Waals surface area contributed by atoms with Crippen LogP contribution in [-0.4, -0.2) is 46.1 Å². The molecule has 5 heteroatoms. The Morgan fingerprint density at radius 2 is 2.00 bits per heavy atom. The number of hydrogen-bond acceptors (Lipinski definition) is 4. The maximum atomic E-state index is 11.8. The molecule has 2 aromatic rings. The second-order valence-corrected chi connectivity index (χ2v) is 7.16. The highest BCUT2D eigenvalue weighted by Crippen LogP contribution is 2.41. The van der Waals surface area contributed by atoms with Crippen molar-refractivity contribution in [2.75, 3.05) is 13.2 Å². The van der Waals surface area contributed by atoms with Crippen molar-refractivity contribution in [1.29, 1.82) is 0 Å². The van der Waals surface area contributed by atoms with Crippen LogP contribution in [0.4, 0.5) is 0 Å². The minimum absolute atomic E-state index is 0.0121. The van der Waals surface area contributed by atoms with Gasteiger partial charge in [0.05, 0.1) is 12.3 Å². The number of benzene rings is 1. The predicted molar refractivity (Wildman–Crippen MR) is 112 cm³/mol. The summed E-state index contributed by atoms with van der Waals surface area (Å²) in [6.45, 7) is 5.16. The Bertz CT molecular complexity index is 789. The average Bonchev–Trinajstić information content (AvgIpc) is 2.72. The van der Waals surface area contributed by atoms with Crippen LogP contribution >= 0.6 is 0 Å². The first-order valence-corrected chi connectivity index (χ1v) is 9.93. The van der Waals surface area contributed by atoms with Crippen LogP contribution < -0.4 is 5.32 Å². The fraction of sp³-hybridized carbons (Fsp3) is 0.391. The number of carbonyl (C=O) groups is 1. The lowest BCUT2D eigenvalue weighted by Gasteiger charge is -2.55. The zero-order chi connectivity index (χ0) is 19.9. The third-order valence-corrected chi connectivity index (χ3v) is 5.45. The maximum Gasteiger partial charge on any atom is 0.219 e. The van der Waals surface area contributed by atoms with Crippen LogP contribution in [0, 0.1) is 0 Å². The minimum Gasteiger partial charge on any atom is -0.395 e. The van der Waals surface area contributed by atoms with Crippen LogP contribution in [0.25, 0.3) is 6.08 Å². The molecule has 3 atom stereocenters. The Kier molecular flexibility index (Phi) is 6.95. The van der Waals surface area contributed by atoms with Crippen molar-refractivity contribution >= 4 is 12.0 Å². The Labute approximate surface area is 167 Å². The number of rotatable bonds is 8. The van der Waals surface area contributed by atoms with E-state index in [0.717, 1.165) is 11.3 Å². The van der Waals surface area contributed by atoms with E-state index in [0.29, 0.717) is 19.5 Å². The van der Waals surface area contributed by atoms with Gasteiger partial charge >= 0.3 is 0 Å². The van der Waals surface area contributed by atoms with Crippen molar-refractivity contribution in [3.63, 3.8) is 0 Å². The number of aliphatic hydroxyl groups is 1. The molecule has 0 radical (unpaired) electrons. The number of allylic oxidation sites excluding steroid dienone is 1. The molecule has 2 heterocycles. The molecule has 148 valence electrons. The summed E-state index contributed by atoms with van der Waals surface area (Å²) >= 11 is 0. The largest absolute Gasteiger partial charge is 0.395 e. The minimum atomic E-state index is 0.0121. The number of pyridine rings is 1. The number of aromatic nitrogens is 1. The van der Waals surface area contributed by atoms with E-state index in [2.05, 4.69) is 45.5 Å². The lowest BCUT2D eigenvalue weighted by Crippen LogP contribution is -2.66. The third kappa shape index (κ3) is 4.49. The van der Waals surface area contributed by atoms with Gasteiger partial charge in [-0.2, -0.15) is 0 Å². The lowest BCUT2D eigenvalue weighted by atomic mass is 9.74. The lowest BCUT2D eigenvalue weighted by molar-refractivity contribution is -0.122. The summed E-state index contributed by atoms with van der Waals surface area (Å²) in [7, 11) is 0. The molecule has 2 N–H and O–H groups in total. The maximum absolute atomic E-state index is 11.8. The predicted octanol–water partition coefficient (Wildman–Crippen LogP) is 2.97. The molecule has 0 spiro atoms. The molecule has 1 aliphatic heterocycles. The van der Waals surface area contributed by atoms with Gasteiger partial charge in [0.15, 0.2) is 0 Å². The SMILES string of the molecule is C/C=C/c1ccc([C@H]2[C@@H](CO)N(Cc3ccccn3)[C@@H]2CNC(=O)CC)cc1. The van der Waals surface area contributed by atoms with Crippen LogP contribution in [0.1, 0.15) is 43.0 Å². The van der Waals surface area contributed by atoms with Crippen LogP contribution in [0.2, 0.25) is 0 Å². The molecular weight excluding hydrogens is 350 g/mol. The van der Waals surface area contributed by atoms with Crippen molar-refractivity contribution in [3.05, 3.63) is 71.6 Å². The molecule has 5 nitrogen and oxygen atoms in total. The number of amides is 1. The van der Waals surface area contributed by atoms with Gasteiger partial charge < -0.3 is 10.4 Å². The van der Waals surface area contributed by atoms with Crippen LogP contribution in [0.5, 0.6) is 0 Å². The molecule has 1 fully saturated rings. The Balaban J connectivity index is 1.82. The van der Waals surface area contributed by atoms with Gasteiger partial charge in [0.25, 0.3) is 0 Å². The van der Waals surface area contributed by atoms with Crippen molar-refractivity contribution in [2.24, 2.45) is 0 Å². The van der Waals surface area contributed by atoms with Gasteiger partial charge in [-0.1, -0.05) is 49.4 Å². The quantitative estimate of drug-likeness (QED) is 0.740. The first kappa shape index (κ1) is 20.2. The number of nitrogens with one attached hydrogen (secondary N) is 1. The van der Waals surface area contributed by atoms with Gasteiger partial charge in [-0.05, 0) is 30.2 Å². The fourth-order valence-electron chi connectivity index (χ4n) is 4.00. The first-order valence-electron chi connectivity index (χ1n) is 9.93. The summed E-state index contributed by atoms with van der Waals surface area (Å²) in [5, 5.41) is 13.1. The summed E-state index contributed by atoms with van der Waals surface area (Å²) < 4.78 is 0. The monoisotopic (exact) mass is 379 g/mol. The molecule has 3 rings (SSSR count). The fourth-order valence-corrected chi connectivity index (χ4v) is 4.00. The molecule has 0 aliphatic carbocycles. The Morgan fingerprint density at radius 3 is 2.61 bits per heavy atom. The van der Waals surface area contributed by atoms with E-state index >= 15 is 0 Å². The standard InChI is InChI=1S/C23H29N3O2/c1-3-7-17-9-11-18(12-10-17)23-20(14-25-22(28)4-2)26(21(23)16-27)15-19-8-5-6-13-24-19/h3,5-13,20-21,23,27H,4,14-16H2,1-2H3,(H,25,28)/b7-3+/t20-,21-,23-/m1/s1. The summed E-state index contributed by atoms with van der Waals surface area (Å²) in [5.74, 6) is 0.220. The second kappa shape index (κ2) is 9.62. The van der Waals surface area contributed by atoms with Crippen molar-refractivity contribution < 1.29 is 9.90 Å². The zero-order valence-corrected chi connectivity index (χ0v) is 16.6. The number of hydrogen-bond donors (Lipinski definition) is 2. The zero-order valence-electron chi connectivity index (χ0n) is 16.6. The van der Waals surface area contributed by atoms with E-state index in [-0.39, 0.29) is 30.5 Å². The highest BCUT2D eigenvalue weighted by molar-refractivity contribution is 5.75. The van der Waals surface area contributed by atoms with Crippen LogP contribution in [0.15, 0.2) is 54.7 Å². The van der Waals surface area contributed by atoms with Crippen molar-refractivity contribution in [2.45, 2.75) is 44.8 Å². The molecule has 28 heavy (non-hydrogen) atoms. The van der Waals surface area contributed by atoms with Gasteiger partial charge in [-0.15, -0.1) is 0 Å². The van der Waals surface area contributed by atoms with E-state index in [1.54, 1.807) is 6.20 Å². The number of likely N-dealkylation sites (tertiary alicyclic amines) is 1. The van der Waals surface area contributed by atoms with Crippen molar-refractivity contribution in [1.82, 2.24) is 15.2 Å².